The molecule has 3 heteroatoms. The summed E-state index contributed by atoms with van der Waals surface area (Å²) in [5.74, 6) is 1.68. The molecule has 1 aromatic rings. The first-order valence-electron chi connectivity index (χ1n) is 8.25. The molecule has 1 aliphatic rings. The molecule has 0 aliphatic carbocycles. The Labute approximate surface area is 129 Å². The molecule has 2 rings (SSSR count). The Bertz CT molecular complexity index is 427. The van der Waals surface area contributed by atoms with Crippen molar-refractivity contribution >= 4 is 0 Å². The summed E-state index contributed by atoms with van der Waals surface area (Å²) in [4.78, 5) is 2.61. The molecule has 1 aliphatic heterocycles. The van der Waals surface area contributed by atoms with E-state index in [-0.39, 0.29) is 0 Å². The Kier molecular flexibility index (Phi) is 6.52. The topological polar surface area (TPSA) is 24.5 Å². The van der Waals surface area contributed by atoms with Crippen LogP contribution in [0.1, 0.15) is 37.3 Å². The smallest absolute Gasteiger partial charge is 0.123 e. The zero-order valence-corrected chi connectivity index (χ0v) is 13.8. The third kappa shape index (κ3) is 5.33. The normalized spacial score (nSPS) is 17.7. The van der Waals surface area contributed by atoms with Crippen LogP contribution in [0.4, 0.5) is 0 Å². The quantitative estimate of drug-likeness (QED) is 0.834. The van der Waals surface area contributed by atoms with Crippen molar-refractivity contribution in [3.05, 3.63) is 29.3 Å². The second-order valence-electron chi connectivity index (χ2n) is 6.41. The van der Waals surface area contributed by atoms with E-state index in [4.69, 9.17) is 4.74 Å². The highest BCUT2D eigenvalue weighted by Crippen LogP contribution is 2.19. The van der Waals surface area contributed by atoms with E-state index in [2.05, 4.69) is 42.3 Å². The number of aryl methyl sites for hydroxylation is 1. The number of hydrogen-bond donors (Lipinski definition) is 1. The van der Waals surface area contributed by atoms with Gasteiger partial charge in [0.25, 0.3) is 0 Å². The first kappa shape index (κ1) is 16.3. The molecule has 0 amide bonds. The van der Waals surface area contributed by atoms with Gasteiger partial charge in [-0.15, -0.1) is 0 Å². The van der Waals surface area contributed by atoms with Gasteiger partial charge < -0.3 is 15.0 Å². The van der Waals surface area contributed by atoms with Gasteiger partial charge in [0.2, 0.25) is 0 Å². The molecular formula is C18H30N2O. The van der Waals surface area contributed by atoms with Gasteiger partial charge in [-0.3, -0.25) is 0 Å². The minimum Gasteiger partial charge on any atom is -0.496 e. The van der Waals surface area contributed by atoms with Crippen LogP contribution in [0.5, 0.6) is 5.75 Å². The zero-order chi connectivity index (χ0) is 15.1. The highest BCUT2D eigenvalue weighted by molar-refractivity contribution is 5.36. The third-order valence-electron chi connectivity index (χ3n) is 4.26. The Morgan fingerprint density at radius 1 is 1.24 bits per heavy atom. The van der Waals surface area contributed by atoms with Crippen molar-refractivity contribution in [1.29, 1.82) is 0 Å². The minimum atomic E-state index is 0.693. The molecule has 0 bridgehead atoms. The summed E-state index contributed by atoms with van der Waals surface area (Å²) in [6.07, 6.45) is 4.16. The average molecular weight is 290 g/mol. The number of benzene rings is 1. The van der Waals surface area contributed by atoms with Crippen molar-refractivity contribution in [2.75, 3.05) is 33.3 Å². The van der Waals surface area contributed by atoms with Crippen molar-refractivity contribution in [3.63, 3.8) is 0 Å². The van der Waals surface area contributed by atoms with Gasteiger partial charge >= 0.3 is 0 Å². The van der Waals surface area contributed by atoms with Crippen LogP contribution in [0.25, 0.3) is 0 Å². The van der Waals surface area contributed by atoms with Crippen LogP contribution < -0.4 is 10.1 Å². The van der Waals surface area contributed by atoms with Gasteiger partial charge in [0.15, 0.2) is 0 Å². The lowest BCUT2D eigenvalue weighted by Crippen LogP contribution is -2.36. The molecule has 0 spiro atoms. The molecule has 1 N–H and O–H groups in total. The summed E-state index contributed by atoms with van der Waals surface area (Å²) in [5, 5.41) is 3.59. The van der Waals surface area contributed by atoms with E-state index in [0.717, 1.165) is 18.8 Å². The minimum absolute atomic E-state index is 0.693. The molecule has 1 saturated heterocycles. The Morgan fingerprint density at radius 2 is 2.00 bits per heavy atom. The monoisotopic (exact) mass is 290 g/mol. The first-order valence-corrected chi connectivity index (χ1v) is 8.25. The van der Waals surface area contributed by atoms with E-state index in [1.165, 1.54) is 50.0 Å². The van der Waals surface area contributed by atoms with Gasteiger partial charge in [-0.2, -0.15) is 0 Å². The molecule has 1 atom stereocenters. The maximum Gasteiger partial charge on any atom is 0.123 e. The largest absolute Gasteiger partial charge is 0.496 e. The summed E-state index contributed by atoms with van der Waals surface area (Å²) in [7, 11) is 1.74. The fourth-order valence-corrected chi connectivity index (χ4v) is 3.15. The molecule has 1 heterocycles. The number of ether oxygens (including phenoxy) is 1. The van der Waals surface area contributed by atoms with E-state index >= 15 is 0 Å². The molecule has 21 heavy (non-hydrogen) atoms. The van der Waals surface area contributed by atoms with Crippen molar-refractivity contribution in [3.8, 4) is 5.75 Å². The second-order valence-corrected chi connectivity index (χ2v) is 6.41. The highest BCUT2D eigenvalue weighted by Gasteiger charge is 2.13. The van der Waals surface area contributed by atoms with E-state index < -0.39 is 0 Å². The highest BCUT2D eigenvalue weighted by atomic mass is 16.5. The Hall–Kier alpha value is -1.06. The molecule has 118 valence electrons. The lowest BCUT2D eigenvalue weighted by Gasteiger charge is -2.29. The van der Waals surface area contributed by atoms with Crippen LogP contribution in [0.2, 0.25) is 0 Å². The average Bonchev–Trinajstić information content (AvgIpc) is 2.48. The summed E-state index contributed by atoms with van der Waals surface area (Å²) >= 11 is 0. The predicted octanol–water partition coefficient (Wildman–Crippen LogP) is 3.22. The van der Waals surface area contributed by atoms with Gasteiger partial charge in [-0.1, -0.05) is 31.0 Å². The summed E-state index contributed by atoms with van der Waals surface area (Å²) < 4.78 is 5.43. The van der Waals surface area contributed by atoms with E-state index in [1.54, 1.807) is 7.11 Å². The molecule has 1 aromatic carbocycles. The number of nitrogens with one attached hydrogen (secondary N) is 1. The Morgan fingerprint density at radius 3 is 2.71 bits per heavy atom. The summed E-state index contributed by atoms with van der Waals surface area (Å²) in [5.41, 5.74) is 2.54. The van der Waals surface area contributed by atoms with Crippen molar-refractivity contribution in [2.45, 2.75) is 39.7 Å². The zero-order valence-electron chi connectivity index (χ0n) is 13.8. The Balaban J connectivity index is 1.74. The lowest BCUT2D eigenvalue weighted by atomic mass is 10.1. The van der Waals surface area contributed by atoms with Crippen LogP contribution in [-0.2, 0) is 6.54 Å². The van der Waals surface area contributed by atoms with Crippen molar-refractivity contribution < 1.29 is 4.74 Å². The molecule has 0 saturated carbocycles. The molecule has 1 fully saturated rings. The molecular weight excluding hydrogens is 260 g/mol. The maximum atomic E-state index is 5.43. The second kappa shape index (κ2) is 8.40. The first-order chi connectivity index (χ1) is 10.2. The molecule has 0 aromatic heterocycles. The fraction of sp³-hybridized carbons (Fsp3) is 0.667. The number of likely N-dealkylation sites (tertiary alicyclic amines) is 1. The van der Waals surface area contributed by atoms with Crippen LogP contribution >= 0.6 is 0 Å². The van der Waals surface area contributed by atoms with E-state index in [1.807, 2.05) is 0 Å². The van der Waals surface area contributed by atoms with Crippen LogP contribution in [0.3, 0.4) is 0 Å². The maximum absolute atomic E-state index is 5.43. The fourth-order valence-electron chi connectivity index (χ4n) is 3.15. The number of piperidine rings is 1. The van der Waals surface area contributed by atoms with Gasteiger partial charge in [-0.05, 0) is 51.4 Å². The van der Waals surface area contributed by atoms with Gasteiger partial charge in [-0.25, -0.2) is 0 Å². The summed E-state index contributed by atoms with van der Waals surface area (Å²) in [6, 6.07) is 6.37. The predicted molar refractivity (Wildman–Crippen MR) is 88.9 cm³/mol. The molecule has 0 radical (unpaired) electrons. The van der Waals surface area contributed by atoms with E-state index in [9.17, 15) is 0 Å². The van der Waals surface area contributed by atoms with Crippen molar-refractivity contribution in [2.24, 2.45) is 5.92 Å². The number of nitrogens with zero attached hydrogens (tertiary/aromatic N) is 1. The van der Waals surface area contributed by atoms with Crippen LogP contribution in [0.15, 0.2) is 18.2 Å². The number of rotatable bonds is 7. The SMILES string of the molecule is COc1ccc(C)cc1CNCC(C)CN1CCCCC1. The number of methoxy groups -OCH3 is 1. The molecule has 1 unspecified atom stereocenters. The standard InChI is InChI=1S/C18H30N2O/c1-15-7-8-18(21-3)17(11-15)13-19-12-16(2)14-20-9-5-4-6-10-20/h7-8,11,16,19H,4-6,9-10,12-14H2,1-3H3. The summed E-state index contributed by atoms with van der Waals surface area (Å²) in [6.45, 7) is 10.2. The number of hydrogen-bond acceptors (Lipinski definition) is 3. The van der Waals surface area contributed by atoms with Gasteiger partial charge in [0.05, 0.1) is 7.11 Å². The van der Waals surface area contributed by atoms with Gasteiger partial charge in [0.1, 0.15) is 5.75 Å². The van der Waals surface area contributed by atoms with E-state index in [0.29, 0.717) is 5.92 Å². The van der Waals surface area contributed by atoms with Crippen molar-refractivity contribution in [1.82, 2.24) is 10.2 Å². The molecule has 3 nitrogen and oxygen atoms in total. The third-order valence-corrected chi connectivity index (χ3v) is 4.26. The lowest BCUT2D eigenvalue weighted by molar-refractivity contribution is 0.199. The van der Waals surface area contributed by atoms with Gasteiger partial charge in [0, 0.05) is 18.7 Å². The van der Waals surface area contributed by atoms with Crippen LogP contribution in [-0.4, -0.2) is 38.2 Å². The van der Waals surface area contributed by atoms with Crippen LogP contribution in [0, 0.1) is 12.8 Å².